The highest BCUT2D eigenvalue weighted by atomic mass is 35.5. The van der Waals surface area contributed by atoms with E-state index in [4.69, 9.17) is 27.9 Å². The van der Waals surface area contributed by atoms with Crippen molar-refractivity contribution >= 4 is 46.2 Å². The van der Waals surface area contributed by atoms with Gasteiger partial charge in [-0.1, -0.05) is 35.3 Å². The van der Waals surface area contributed by atoms with Gasteiger partial charge in [0.1, 0.15) is 23.2 Å². The van der Waals surface area contributed by atoms with Crippen molar-refractivity contribution in [3.8, 4) is 5.75 Å². The summed E-state index contributed by atoms with van der Waals surface area (Å²) >= 11 is 12.1. The standard InChI is InChI=1S/C18H16Cl2N4O/c1-11-21-17(23-14-8-7-12(19)9-13(14)20)10-18(22-11)24-15-5-3-4-6-16(15)25-2/h3-10H,1-2H3,(H2,21,22,23,24). The molecule has 3 rings (SSSR count). The van der Waals surface area contributed by atoms with E-state index in [1.54, 1.807) is 31.4 Å². The van der Waals surface area contributed by atoms with Crippen LogP contribution in [0.15, 0.2) is 48.5 Å². The molecular weight excluding hydrogens is 359 g/mol. The molecule has 0 spiro atoms. The number of aromatic nitrogens is 2. The minimum Gasteiger partial charge on any atom is -0.495 e. The zero-order valence-corrected chi connectivity index (χ0v) is 15.2. The van der Waals surface area contributed by atoms with E-state index in [1.165, 1.54) is 0 Å². The highest BCUT2D eigenvalue weighted by Gasteiger charge is 2.08. The number of para-hydroxylation sites is 2. The molecule has 0 bridgehead atoms. The van der Waals surface area contributed by atoms with Gasteiger partial charge in [-0.3, -0.25) is 0 Å². The Labute approximate surface area is 156 Å². The molecule has 0 saturated carbocycles. The van der Waals surface area contributed by atoms with Crippen molar-refractivity contribution in [1.29, 1.82) is 0 Å². The van der Waals surface area contributed by atoms with Gasteiger partial charge < -0.3 is 15.4 Å². The molecule has 0 aliphatic heterocycles. The maximum absolute atomic E-state index is 6.21. The summed E-state index contributed by atoms with van der Waals surface area (Å²) in [4.78, 5) is 8.80. The number of methoxy groups -OCH3 is 1. The molecule has 3 aromatic rings. The van der Waals surface area contributed by atoms with Crippen molar-refractivity contribution in [2.45, 2.75) is 6.92 Å². The van der Waals surface area contributed by atoms with E-state index in [9.17, 15) is 0 Å². The maximum atomic E-state index is 6.21. The molecule has 2 aromatic carbocycles. The third kappa shape index (κ3) is 4.32. The van der Waals surface area contributed by atoms with Crippen LogP contribution >= 0.6 is 23.2 Å². The van der Waals surface area contributed by atoms with Crippen LogP contribution in [0.2, 0.25) is 10.0 Å². The van der Waals surface area contributed by atoms with Gasteiger partial charge in [-0.25, -0.2) is 9.97 Å². The van der Waals surface area contributed by atoms with Crippen LogP contribution in [0, 0.1) is 6.92 Å². The van der Waals surface area contributed by atoms with Crippen LogP contribution in [0.3, 0.4) is 0 Å². The molecule has 0 fully saturated rings. The molecule has 0 unspecified atom stereocenters. The lowest BCUT2D eigenvalue weighted by atomic mass is 10.3. The van der Waals surface area contributed by atoms with Gasteiger partial charge in [0.2, 0.25) is 0 Å². The number of nitrogens with one attached hydrogen (secondary N) is 2. The number of nitrogens with zero attached hydrogens (tertiary/aromatic N) is 2. The first kappa shape index (κ1) is 17.3. The summed E-state index contributed by atoms with van der Waals surface area (Å²) in [7, 11) is 1.63. The maximum Gasteiger partial charge on any atom is 0.142 e. The molecule has 128 valence electrons. The Bertz CT molecular complexity index is 902. The van der Waals surface area contributed by atoms with Gasteiger partial charge >= 0.3 is 0 Å². The van der Waals surface area contributed by atoms with Crippen molar-refractivity contribution in [3.05, 3.63) is 64.4 Å². The number of halogens is 2. The molecule has 25 heavy (non-hydrogen) atoms. The number of hydrogen-bond donors (Lipinski definition) is 2. The average molecular weight is 375 g/mol. The quantitative estimate of drug-likeness (QED) is 0.609. The van der Waals surface area contributed by atoms with Crippen molar-refractivity contribution in [2.24, 2.45) is 0 Å². The van der Waals surface area contributed by atoms with Crippen LogP contribution in [0.1, 0.15) is 5.82 Å². The van der Waals surface area contributed by atoms with E-state index in [1.807, 2.05) is 31.2 Å². The second kappa shape index (κ2) is 7.59. The Morgan fingerprint density at radius 2 is 1.56 bits per heavy atom. The monoisotopic (exact) mass is 374 g/mol. The summed E-state index contributed by atoms with van der Waals surface area (Å²) in [6.07, 6.45) is 0. The lowest BCUT2D eigenvalue weighted by molar-refractivity contribution is 0.417. The van der Waals surface area contributed by atoms with Gasteiger partial charge in [0.15, 0.2) is 0 Å². The Morgan fingerprint density at radius 3 is 2.24 bits per heavy atom. The van der Waals surface area contributed by atoms with Gasteiger partial charge in [0.05, 0.1) is 23.5 Å². The second-order valence-electron chi connectivity index (χ2n) is 5.26. The molecule has 0 atom stereocenters. The average Bonchev–Trinajstić information content (AvgIpc) is 2.57. The first-order valence-electron chi connectivity index (χ1n) is 7.53. The van der Waals surface area contributed by atoms with Crippen LogP contribution in [-0.2, 0) is 0 Å². The summed E-state index contributed by atoms with van der Waals surface area (Å²) in [6, 6.07) is 14.7. The van der Waals surface area contributed by atoms with E-state index in [0.29, 0.717) is 33.2 Å². The number of benzene rings is 2. The molecule has 1 heterocycles. The fourth-order valence-electron chi connectivity index (χ4n) is 2.31. The number of rotatable bonds is 5. The van der Waals surface area contributed by atoms with E-state index in [0.717, 1.165) is 11.4 Å². The number of anilines is 4. The summed E-state index contributed by atoms with van der Waals surface area (Å²) in [6.45, 7) is 1.82. The molecule has 7 heteroatoms. The zero-order valence-electron chi connectivity index (χ0n) is 13.7. The summed E-state index contributed by atoms with van der Waals surface area (Å²) in [5.41, 5.74) is 1.53. The predicted molar refractivity (Wildman–Crippen MR) is 103 cm³/mol. The number of hydrogen-bond acceptors (Lipinski definition) is 5. The van der Waals surface area contributed by atoms with E-state index >= 15 is 0 Å². The second-order valence-corrected chi connectivity index (χ2v) is 6.10. The fourth-order valence-corrected chi connectivity index (χ4v) is 2.77. The number of ether oxygens (including phenoxy) is 1. The topological polar surface area (TPSA) is 59.1 Å². The van der Waals surface area contributed by atoms with E-state index in [2.05, 4.69) is 20.6 Å². The van der Waals surface area contributed by atoms with Crippen LogP contribution in [0.4, 0.5) is 23.0 Å². The third-order valence-electron chi connectivity index (χ3n) is 3.40. The minimum absolute atomic E-state index is 0.517. The predicted octanol–water partition coefficient (Wildman–Crippen LogP) is 5.59. The first-order valence-corrected chi connectivity index (χ1v) is 8.28. The molecule has 0 saturated heterocycles. The highest BCUT2D eigenvalue weighted by molar-refractivity contribution is 6.36. The van der Waals surface area contributed by atoms with Crippen molar-refractivity contribution in [3.63, 3.8) is 0 Å². The molecule has 5 nitrogen and oxygen atoms in total. The van der Waals surface area contributed by atoms with Gasteiger partial charge in [-0.05, 0) is 37.3 Å². The van der Waals surface area contributed by atoms with Crippen molar-refractivity contribution < 1.29 is 4.74 Å². The summed E-state index contributed by atoms with van der Waals surface area (Å²) in [5, 5.41) is 7.52. The van der Waals surface area contributed by atoms with Gasteiger partial charge in [0.25, 0.3) is 0 Å². The highest BCUT2D eigenvalue weighted by Crippen LogP contribution is 2.30. The smallest absolute Gasteiger partial charge is 0.142 e. The molecule has 0 aliphatic carbocycles. The molecular formula is C18H16Cl2N4O. The normalized spacial score (nSPS) is 10.4. The van der Waals surface area contributed by atoms with E-state index < -0.39 is 0 Å². The molecule has 0 amide bonds. The molecule has 2 N–H and O–H groups in total. The first-order chi connectivity index (χ1) is 12.0. The van der Waals surface area contributed by atoms with Crippen molar-refractivity contribution in [1.82, 2.24) is 9.97 Å². The third-order valence-corrected chi connectivity index (χ3v) is 3.95. The SMILES string of the molecule is COc1ccccc1Nc1cc(Nc2ccc(Cl)cc2Cl)nc(C)n1. The molecule has 1 aromatic heterocycles. The minimum atomic E-state index is 0.517. The van der Waals surface area contributed by atoms with Crippen LogP contribution in [0.5, 0.6) is 5.75 Å². The zero-order chi connectivity index (χ0) is 17.8. The lowest BCUT2D eigenvalue weighted by Crippen LogP contribution is -2.02. The summed E-state index contributed by atoms with van der Waals surface area (Å²) in [5.74, 6) is 2.61. The Balaban J connectivity index is 1.87. The lowest BCUT2D eigenvalue weighted by Gasteiger charge is -2.13. The Hall–Kier alpha value is -2.50. The van der Waals surface area contributed by atoms with Gasteiger partial charge in [-0.15, -0.1) is 0 Å². The van der Waals surface area contributed by atoms with Gasteiger partial charge in [0, 0.05) is 11.1 Å². The van der Waals surface area contributed by atoms with Crippen LogP contribution < -0.4 is 15.4 Å². The van der Waals surface area contributed by atoms with Crippen molar-refractivity contribution in [2.75, 3.05) is 17.7 Å². The Kier molecular flexibility index (Phi) is 5.26. The van der Waals surface area contributed by atoms with Crippen LogP contribution in [0.25, 0.3) is 0 Å². The fraction of sp³-hybridized carbons (Fsp3) is 0.111. The van der Waals surface area contributed by atoms with Crippen LogP contribution in [-0.4, -0.2) is 17.1 Å². The Morgan fingerprint density at radius 1 is 0.880 bits per heavy atom. The molecule has 0 radical (unpaired) electrons. The summed E-state index contributed by atoms with van der Waals surface area (Å²) < 4.78 is 5.35. The number of aryl methyl sites for hydroxylation is 1. The van der Waals surface area contributed by atoms with Gasteiger partial charge in [-0.2, -0.15) is 0 Å². The largest absolute Gasteiger partial charge is 0.495 e. The van der Waals surface area contributed by atoms with E-state index in [-0.39, 0.29) is 0 Å². The molecule has 0 aliphatic rings.